The van der Waals surface area contributed by atoms with E-state index in [2.05, 4.69) is 17.9 Å². The molecule has 0 aliphatic carbocycles. The van der Waals surface area contributed by atoms with E-state index in [1.807, 2.05) is 43.3 Å². The standard InChI is InChI=1S/C18H28N2O3S2/c1-20(2)15-9-7-14(8-10-15)12-25-13-16(18(22)23)19-17(21)6-4-3-5-11-24/h7-10,16,24H,3-6,11-13H2,1-2H3,(H,19,21)(H,22,23)/t16-/m0/s1. The number of carboxylic acid groups (broad SMARTS) is 1. The minimum atomic E-state index is -0.987. The van der Waals surface area contributed by atoms with Crippen LogP contribution in [-0.4, -0.2) is 48.6 Å². The van der Waals surface area contributed by atoms with Crippen molar-refractivity contribution in [1.29, 1.82) is 0 Å². The lowest BCUT2D eigenvalue weighted by Crippen LogP contribution is -2.42. The van der Waals surface area contributed by atoms with Gasteiger partial charge in [0.25, 0.3) is 0 Å². The number of hydrogen-bond acceptors (Lipinski definition) is 5. The van der Waals surface area contributed by atoms with Crippen molar-refractivity contribution >= 4 is 42.0 Å². The fourth-order valence-electron chi connectivity index (χ4n) is 2.20. The number of carbonyl (C=O) groups excluding carboxylic acids is 1. The number of nitrogens with one attached hydrogen (secondary N) is 1. The van der Waals surface area contributed by atoms with Gasteiger partial charge in [0.1, 0.15) is 6.04 Å². The van der Waals surface area contributed by atoms with E-state index in [4.69, 9.17) is 0 Å². The summed E-state index contributed by atoms with van der Waals surface area (Å²) in [6, 6.07) is 7.31. The summed E-state index contributed by atoms with van der Waals surface area (Å²) in [4.78, 5) is 25.2. The SMILES string of the molecule is CN(C)c1ccc(CSC[C@H](NC(=O)CCCCCS)C(=O)O)cc1. The molecule has 140 valence electrons. The van der Waals surface area contributed by atoms with Crippen molar-refractivity contribution in [1.82, 2.24) is 5.32 Å². The van der Waals surface area contributed by atoms with Crippen LogP contribution in [0.15, 0.2) is 24.3 Å². The Morgan fingerprint density at radius 2 is 1.88 bits per heavy atom. The van der Waals surface area contributed by atoms with Crippen molar-refractivity contribution in [2.24, 2.45) is 0 Å². The third kappa shape index (κ3) is 9.07. The van der Waals surface area contributed by atoms with Crippen LogP contribution in [0.25, 0.3) is 0 Å². The van der Waals surface area contributed by atoms with Gasteiger partial charge in [-0.3, -0.25) is 4.79 Å². The van der Waals surface area contributed by atoms with Crippen LogP contribution in [0.4, 0.5) is 5.69 Å². The summed E-state index contributed by atoms with van der Waals surface area (Å²) in [7, 11) is 3.98. The van der Waals surface area contributed by atoms with Crippen LogP contribution in [0, 0.1) is 0 Å². The fraction of sp³-hybridized carbons (Fsp3) is 0.556. The van der Waals surface area contributed by atoms with Gasteiger partial charge < -0.3 is 15.3 Å². The molecule has 1 aromatic carbocycles. The zero-order valence-corrected chi connectivity index (χ0v) is 16.6. The summed E-state index contributed by atoms with van der Waals surface area (Å²) in [5.74, 6) is 0.704. The minimum Gasteiger partial charge on any atom is -0.480 e. The molecule has 0 fully saturated rings. The number of carbonyl (C=O) groups is 2. The Morgan fingerprint density at radius 1 is 1.20 bits per heavy atom. The number of thiol groups is 1. The Bertz CT molecular complexity index is 536. The van der Waals surface area contributed by atoms with E-state index in [-0.39, 0.29) is 5.91 Å². The third-order valence-electron chi connectivity index (χ3n) is 3.70. The third-order valence-corrected chi connectivity index (χ3v) is 5.12. The molecule has 0 unspecified atom stereocenters. The summed E-state index contributed by atoms with van der Waals surface area (Å²) >= 11 is 5.64. The summed E-state index contributed by atoms with van der Waals surface area (Å²) in [5, 5.41) is 11.9. The largest absolute Gasteiger partial charge is 0.480 e. The summed E-state index contributed by atoms with van der Waals surface area (Å²) < 4.78 is 0. The lowest BCUT2D eigenvalue weighted by molar-refractivity contribution is -0.141. The van der Waals surface area contributed by atoms with Gasteiger partial charge in [-0.15, -0.1) is 0 Å². The molecule has 1 atom stereocenters. The first-order valence-corrected chi connectivity index (χ1v) is 10.2. The lowest BCUT2D eigenvalue weighted by atomic mass is 10.2. The molecular weight excluding hydrogens is 356 g/mol. The zero-order valence-electron chi connectivity index (χ0n) is 14.9. The molecule has 0 heterocycles. The Kier molecular flexibility index (Phi) is 10.5. The van der Waals surface area contributed by atoms with Gasteiger partial charge in [-0.1, -0.05) is 18.6 Å². The second kappa shape index (κ2) is 12.1. The highest BCUT2D eigenvalue weighted by molar-refractivity contribution is 7.98. The number of amides is 1. The highest BCUT2D eigenvalue weighted by atomic mass is 32.2. The van der Waals surface area contributed by atoms with E-state index < -0.39 is 12.0 Å². The van der Waals surface area contributed by atoms with Gasteiger partial charge in [-0.25, -0.2) is 4.79 Å². The van der Waals surface area contributed by atoms with E-state index in [1.54, 1.807) is 0 Å². The lowest BCUT2D eigenvalue weighted by Gasteiger charge is -2.15. The number of nitrogens with zero attached hydrogens (tertiary/aromatic N) is 1. The molecule has 25 heavy (non-hydrogen) atoms. The molecule has 0 saturated heterocycles. The molecule has 7 heteroatoms. The van der Waals surface area contributed by atoms with E-state index in [1.165, 1.54) is 11.8 Å². The average molecular weight is 385 g/mol. The van der Waals surface area contributed by atoms with Gasteiger partial charge in [0.15, 0.2) is 0 Å². The first kappa shape index (κ1) is 21.7. The molecule has 0 spiro atoms. The molecule has 5 nitrogen and oxygen atoms in total. The number of thioether (sulfide) groups is 1. The van der Waals surface area contributed by atoms with Crippen LogP contribution in [0.2, 0.25) is 0 Å². The van der Waals surface area contributed by atoms with Crippen molar-refractivity contribution in [3.8, 4) is 0 Å². The Hall–Kier alpha value is -1.34. The number of carboxylic acids is 1. The van der Waals surface area contributed by atoms with Crippen molar-refractivity contribution in [2.75, 3.05) is 30.5 Å². The molecule has 1 aromatic rings. The molecule has 0 aliphatic heterocycles. The maximum atomic E-state index is 11.8. The Balaban J connectivity index is 2.37. The monoisotopic (exact) mass is 384 g/mol. The second-order valence-electron chi connectivity index (χ2n) is 6.07. The molecule has 0 radical (unpaired) electrons. The molecule has 0 aromatic heterocycles. The van der Waals surface area contributed by atoms with Crippen LogP contribution in [0.5, 0.6) is 0 Å². The van der Waals surface area contributed by atoms with Crippen LogP contribution in [-0.2, 0) is 15.3 Å². The summed E-state index contributed by atoms with van der Waals surface area (Å²) in [6.45, 7) is 0. The number of hydrogen-bond donors (Lipinski definition) is 3. The number of benzene rings is 1. The first-order valence-electron chi connectivity index (χ1n) is 8.41. The summed E-state index contributed by atoms with van der Waals surface area (Å²) in [5.41, 5.74) is 2.26. The fourth-order valence-corrected chi connectivity index (χ4v) is 3.43. The van der Waals surface area contributed by atoms with Gasteiger partial charge in [0.05, 0.1) is 0 Å². The number of aliphatic carboxylic acids is 1. The van der Waals surface area contributed by atoms with Gasteiger partial charge in [0, 0.05) is 37.7 Å². The highest BCUT2D eigenvalue weighted by Crippen LogP contribution is 2.17. The van der Waals surface area contributed by atoms with Crippen molar-refractivity contribution in [2.45, 2.75) is 37.5 Å². The molecular formula is C18H28N2O3S2. The van der Waals surface area contributed by atoms with Crippen molar-refractivity contribution in [3.63, 3.8) is 0 Å². The predicted molar refractivity (Wildman–Crippen MR) is 109 cm³/mol. The van der Waals surface area contributed by atoms with E-state index >= 15 is 0 Å². The van der Waals surface area contributed by atoms with Crippen LogP contribution in [0.1, 0.15) is 31.2 Å². The van der Waals surface area contributed by atoms with Crippen LogP contribution < -0.4 is 10.2 Å². The average Bonchev–Trinajstić information content (AvgIpc) is 2.58. The Morgan fingerprint density at radius 3 is 2.44 bits per heavy atom. The quantitative estimate of drug-likeness (QED) is 0.382. The van der Waals surface area contributed by atoms with E-state index in [0.717, 1.165) is 42.0 Å². The smallest absolute Gasteiger partial charge is 0.327 e. The topological polar surface area (TPSA) is 69.6 Å². The maximum Gasteiger partial charge on any atom is 0.327 e. The zero-order chi connectivity index (χ0) is 18.7. The predicted octanol–water partition coefficient (Wildman–Crippen LogP) is 3.05. The molecule has 0 aliphatic rings. The molecule has 1 amide bonds. The maximum absolute atomic E-state index is 11.8. The number of unbranched alkanes of at least 4 members (excludes halogenated alkanes) is 2. The van der Waals surface area contributed by atoms with Gasteiger partial charge in [-0.2, -0.15) is 24.4 Å². The minimum absolute atomic E-state index is 0.192. The summed E-state index contributed by atoms with van der Waals surface area (Å²) in [6.07, 6.45) is 3.05. The second-order valence-corrected chi connectivity index (χ2v) is 7.55. The van der Waals surface area contributed by atoms with E-state index in [0.29, 0.717) is 12.2 Å². The normalized spacial score (nSPS) is 11.8. The van der Waals surface area contributed by atoms with Gasteiger partial charge in [-0.05, 0) is 36.3 Å². The van der Waals surface area contributed by atoms with Crippen molar-refractivity contribution in [3.05, 3.63) is 29.8 Å². The van der Waals surface area contributed by atoms with Gasteiger partial charge in [0.2, 0.25) is 5.91 Å². The molecule has 0 bridgehead atoms. The Labute approximate surface area is 160 Å². The van der Waals surface area contributed by atoms with Crippen LogP contribution in [0.3, 0.4) is 0 Å². The van der Waals surface area contributed by atoms with E-state index in [9.17, 15) is 14.7 Å². The molecule has 2 N–H and O–H groups in total. The van der Waals surface area contributed by atoms with Crippen molar-refractivity contribution < 1.29 is 14.7 Å². The first-order chi connectivity index (χ1) is 11.9. The molecule has 1 rings (SSSR count). The highest BCUT2D eigenvalue weighted by Gasteiger charge is 2.19. The molecule has 0 saturated carbocycles. The van der Waals surface area contributed by atoms with Crippen LogP contribution >= 0.6 is 24.4 Å². The van der Waals surface area contributed by atoms with Gasteiger partial charge >= 0.3 is 5.97 Å². The number of anilines is 1. The number of rotatable bonds is 12.